The minimum Gasteiger partial charge on any atom is -0.481 e. The Morgan fingerprint density at radius 3 is 2.24 bits per heavy atom. The lowest BCUT2D eigenvalue weighted by molar-refractivity contribution is -0.150. The van der Waals surface area contributed by atoms with Gasteiger partial charge < -0.3 is 15.3 Å². The van der Waals surface area contributed by atoms with Gasteiger partial charge in [0.2, 0.25) is 0 Å². The molecule has 6 heteroatoms. The number of thioether (sulfide) groups is 1. The zero-order valence-corrected chi connectivity index (χ0v) is 13.7. The Labute approximate surface area is 130 Å². The Morgan fingerprint density at radius 2 is 1.76 bits per heavy atom. The number of carboxylic acids is 1. The molecule has 1 heterocycles. The van der Waals surface area contributed by atoms with Crippen molar-refractivity contribution in [3.63, 3.8) is 0 Å². The molecule has 0 bridgehead atoms. The van der Waals surface area contributed by atoms with E-state index in [4.69, 9.17) is 0 Å². The molecule has 2 fully saturated rings. The first kappa shape index (κ1) is 16.5. The molecule has 5 nitrogen and oxygen atoms in total. The summed E-state index contributed by atoms with van der Waals surface area (Å²) in [6, 6.07) is 0.267. The van der Waals surface area contributed by atoms with Gasteiger partial charge in [-0.25, -0.2) is 4.79 Å². The van der Waals surface area contributed by atoms with Crippen LogP contribution in [0.15, 0.2) is 0 Å². The average molecular weight is 314 g/mol. The van der Waals surface area contributed by atoms with Crippen molar-refractivity contribution in [3.8, 4) is 0 Å². The number of hydrogen-bond acceptors (Lipinski definition) is 3. The van der Waals surface area contributed by atoms with Crippen molar-refractivity contribution < 1.29 is 14.7 Å². The van der Waals surface area contributed by atoms with Gasteiger partial charge in [-0.05, 0) is 51.7 Å². The summed E-state index contributed by atoms with van der Waals surface area (Å²) in [6.45, 7) is 2.85. The smallest absolute Gasteiger partial charge is 0.317 e. The second-order valence-corrected chi connectivity index (χ2v) is 7.65. The third-order valence-corrected chi connectivity index (χ3v) is 6.14. The number of nitrogens with zero attached hydrogens (tertiary/aromatic N) is 1. The predicted octanol–water partition coefficient (Wildman–Crippen LogP) is 2.56. The van der Waals surface area contributed by atoms with Gasteiger partial charge in [0.05, 0.1) is 5.41 Å². The van der Waals surface area contributed by atoms with Gasteiger partial charge in [-0.2, -0.15) is 11.8 Å². The maximum Gasteiger partial charge on any atom is 0.317 e. The van der Waals surface area contributed by atoms with Gasteiger partial charge in [-0.1, -0.05) is 0 Å². The minimum absolute atomic E-state index is 0.0185. The highest BCUT2D eigenvalue weighted by Crippen LogP contribution is 2.31. The molecular formula is C15H26N2O3S. The van der Waals surface area contributed by atoms with Crippen LogP contribution >= 0.6 is 11.8 Å². The number of carboxylic acid groups (broad SMARTS) is 1. The van der Waals surface area contributed by atoms with Crippen molar-refractivity contribution in [1.82, 2.24) is 10.2 Å². The van der Waals surface area contributed by atoms with E-state index < -0.39 is 11.4 Å². The lowest BCUT2D eigenvalue weighted by atomic mass is 9.80. The molecule has 21 heavy (non-hydrogen) atoms. The fraction of sp³-hybridized carbons (Fsp3) is 0.867. The molecule has 0 aromatic heterocycles. The number of amides is 2. The molecule has 0 aromatic carbocycles. The maximum atomic E-state index is 12.3. The number of carbonyl (C=O) groups excluding carboxylic acids is 1. The van der Waals surface area contributed by atoms with Gasteiger partial charge in [-0.15, -0.1) is 0 Å². The number of likely N-dealkylation sites (tertiary alicyclic amines) is 1. The molecule has 1 saturated carbocycles. The van der Waals surface area contributed by atoms with E-state index >= 15 is 0 Å². The third kappa shape index (κ3) is 4.05. The Hall–Kier alpha value is -0.910. The summed E-state index contributed by atoms with van der Waals surface area (Å²) < 4.78 is 0. The Bertz CT molecular complexity index is 386. The van der Waals surface area contributed by atoms with Crippen LogP contribution in [0.4, 0.5) is 4.79 Å². The van der Waals surface area contributed by atoms with Crippen molar-refractivity contribution in [2.75, 3.05) is 19.3 Å². The van der Waals surface area contributed by atoms with Crippen molar-refractivity contribution in [2.45, 2.75) is 56.7 Å². The summed E-state index contributed by atoms with van der Waals surface area (Å²) in [6.07, 6.45) is 7.67. The second-order valence-electron chi connectivity index (χ2n) is 6.51. The van der Waals surface area contributed by atoms with Crippen LogP contribution < -0.4 is 5.32 Å². The zero-order chi connectivity index (χ0) is 15.5. The van der Waals surface area contributed by atoms with E-state index in [1.807, 2.05) is 11.8 Å². The van der Waals surface area contributed by atoms with Gasteiger partial charge in [0.1, 0.15) is 0 Å². The number of carbonyl (C=O) groups is 2. The zero-order valence-electron chi connectivity index (χ0n) is 12.9. The molecule has 2 amide bonds. The molecule has 2 rings (SSSR count). The molecule has 2 N–H and O–H groups in total. The predicted molar refractivity (Wildman–Crippen MR) is 84.6 cm³/mol. The van der Waals surface area contributed by atoms with Crippen LogP contribution in [0, 0.1) is 5.41 Å². The third-order valence-electron chi connectivity index (χ3n) is 5.01. The average Bonchev–Trinajstić information content (AvgIpc) is 2.48. The largest absolute Gasteiger partial charge is 0.481 e. The maximum absolute atomic E-state index is 12.3. The molecule has 0 spiro atoms. The van der Waals surface area contributed by atoms with Crippen LogP contribution in [0.5, 0.6) is 0 Å². The van der Waals surface area contributed by atoms with E-state index in [0.29, 0.717) is 25.9 Å². The molecule has 1 saturated heterocycles. The number of piperidine rings is 1. The van der Waals surface area contributed by atoms with Gasteiger partial charge in [0.15, 0.2) is 0 Å². The van der Waals surface area contributed by atoms with Crippen molar-refractivity contribution in [3.05, 3.63) is 0 Å². The topological polar surface area (TPSA) is 69.6 Å². The van der Waals surface area contributed by atoms with E-state index in [0.717, 1.165) is 18.1 Å². The molecule has 2 aliphatic rings. The van der Waals surface area contributed by atoms with Crippen LogP contribution in [0.25, 0.3) is 0 Å². The lowest BCUT2D eigenvalue weighted by Crippen LogP contribution is -2.51. The summed E-state index contributed by atoms with van der Waals surface area (Å²) >= 11 is 1.92. The number of rotatable bonds is 3. The SMILES string of the molecule is CSC1CCC(NC(=O)N2CCC(C)(C(=O)O)CC2)CC1. The monoisotopic (exact) mass is 314 g/mol. The van der Waals surface area contributed by atoms with E-state index in [9.17, 15) is 14.7 Å². The number of hydrogen-bond donors (Lipinski definition) is 2. The molecule has 0 unspecified atom stereocenters. The molecule has 0 radical (unpaired) electrons. The van der Waals surface area contributed by atoms with E-state index in [2.05, 4.69) is 11.6 Å². The van der Waals surface area contributed by atoms with E-state index in [1.54, 1.807) is 11.8 Å². The Balaban J connectivity index is 1.77. The fourth-order valence-corrected chi connectivity index (χ4v) is 3.87. The summed E-state index contributed by atoms with van der Waals surface area (Å²) in [5, 5.41) is 13.1. The van der Waals surface area contributed by atoms with E-state index in [1.165, 1.54) is 12.8 Å². The highest BCUT2D eigenvalue weighted by Gasteiger charge is 2.38. The van der Waals surface area contributed by atoms with Crippen molar-refractivity contribution >= 4 is 23.8 Å². The molecular weight excluding hydrogens is 288 g/mol. The molecule has 1 aliphatic carbocycles. The first-order chi connectivity index (χ1) is 9.94. The van der Waals surface area contributed by atoms with Gasteiger partial charge in [0, 0.05) is 24.4 Å². The summed E-state index contributed by atoms with van der Waals surface area (Å²) in [5.74, 6) is -0.752. The van der Waals surface area contributed by atoms with Gasteiger partial charge in [0.25, 0.3) is 0 Å². The summed E-state index contributed by atoms with van der Waals surface area (Å²) in [7, 11) is 0. The highest BCUT2D eigenvalue weighted by atomic mass is 32.2. The van der Waals surface area contributed by atoms with Crippen molar-refractivity contribution in [2.24, 2.45) is 5.41 Å². The summed E-state index contributed by atoms with van der Waals surface area (Å²) in [5.41, 5.74) is -0.673. The molecule has 1 aliphatic heterocycles. The first-order valence-electron chi connectivity index (χ1n) is 7.76. The molecule has 0 aromatic rings. The summed E-state index contributed by atoms with van der Waals surface area (Å²) in [4.78, 5) is 25.2. The molecule has 0 atom stereocenters. The fourth-order valence-electron chi connectivity index (χ4n) is 3.13. The van der Waals surface area contributed by atoms with Crippen molar-refractivity contribution in [1.29, 1.82) is 0 Å². The first-order valence-corrected chi connectivity index (χ1v) is 9.05. The Morgan fingerprint density at radius 1 is 1.19 bits per heavy atom. The van der Waals surface area contributed by atoms with Crippen LogP contribution in [0.2, 0.25) is 0 Å². The quantitative estimate of drug-likeness (QED) is 0.840. The number of aliphatic carboxylic acids is 1. The van der Waals surface area contributed by atoms with Gasteiger partial charge >= 0.3 is 12.0 Å². The van der Waals surface area contributed by atoms with E-state index in [-0.39, 0.29) is 12.1 Å². The van der Waals surface area contributed by atoms with Crippen LogP contribution in [-0.4, -0.2) is 52.6 Å². The minimum atomic E-state index is -0.752. The Kier molecular flexibility index (Phi) is 5.41. The van der Waals surface area contributed by atoms with Crippen LogP contribution in [0.1, 0.15) is 45.4 Å². The van der Waals surface area contributed by atoms with Crippen LogP contribution in [-0.2, 0) is 4.79 Å². The second kappa shape index (κ2) is 6.90. The highest BCUT2D eigenvalue weighted by molar-refractivity contribution is 7.99. The van der Waals surface area contributed by atoms with Gasteiger partial charge in [-0.3, -0.25) is 4.79 Å². The number of urea groups is 1. The normalized spacial score (nSPS) is 29.0. The standard InChI is InChI=1S/C15H26N2O3S/c1-15(13(18)19)7-9-17(10-8-15)14(20)16-11-3-5-12(21-2)6-4-11/h11-12H,3-10H2,1-2H3,(H,16,20)(H,18,19). The lowest BCUT2D eigenvalue weighted by Gasteiger charge is -2.37. The molecule has 120 valence electrons. The number of nitrogens with one attached hydrogen (secondary N) is 1. The van der Waals surface area contributed by atoms with Crippen LogP contribution in [0.3, 0.4) is 0 Å².